The summed E-state index contributed by atoms with van der Waals surface area (Å²) in [6.07, 6.45) is 0. The molecule has 0 radical (unpaired) electrons. The van der Waals surface area contributed by atoms with Crippen molar-refractivity contribution < 1.29 is 14.3 Å². The minimum absolute atomic E-state index is 0.196. The van der Waals surface area contributed by atoms with Gasteiger partial charge >= 0.3 is 0 Å². The van der Waals surface area contributed by atoms with Crippen LogP contribution in [0.15, 0.2) is 59.4 Å². The van der Waals surface area contributed by atoms with Crippen molar-refractivity contribution >= 4 is 11.6 Å². The maximum atomic E-state index is 11.9. The Kier molecular flexibility index (Phi) is 5.21. The number of methoxy groups -OCH3 is 1. The summed E-state index contributed by atoms with van der Waals surface area (Å²) >= 11 is 0. The molecule has 1 N–H and O–H groups in total. The van der Waals surface area contributed by atoms with E-state index in [1.165, 1.54) is 24.8 Å². The van der Waals surface area contributed by atoms with Gasteiger partial charge in [-0.1, -0.05) is 18.2 Å². The molecule has 0 saturated carbocycles. The van der Waals surface area contributed by atoms with Gasteiger partial charge in [0.05, 0.1) is 12.7 Å². The van der Waals surface area contributed by atoms with Crippen molar-refractivity contribution in [2.24, 2.45) is 7.05 Å². The lowest BCUT2D eigenvalue weighted by molar-refractivity contribution is -0.114. The third kappa shape index (κ3) is 4.14. The summed E-state index contributed by atoms with van der Waals surface area (Å²) in [5.74, 6) is 1.28. The molecular formula is C20H19N3O4. The molecule has 27 heavy (non-hydrogen) atoms. The number of anilines is 1. The van der Waals surface area contributed by atoms with Gasteiger partial charge in [0.2, 0.25) is 5.91 Å². The number of hydrogen-bond donors (Lipinski definition) is 1. The van der Waals surface area contributed by atoms with E-state index in [1.54, 1.807) is 25.2 Å². The maximum absolute atomic E-state index is 11.9. The summed E-state index contributed by atoms with van der Waals surface area (Å²) in [6, 6.07) is 15.8. The number of nitrogens with one attached hydrogen (secondary N) is 1. The topological polar surface area (TPSA) is 82.5 Å². The second-order valence-electron chi connectivity index (χ2n) is 5.83. The highest BCUT2D eigenvalue weighted by Gasteiger charge is 2.17. The van der Waals surface area contributed by atoms with Crippen molar-refractivity contribution in [3.63, 3.8) is 0 Å². The lowest BCUT2D eigenvalue weighted by Gasteiger charge is -2.15. The van der Waals surface area contributed by atoms with Gasteiger partial charge in [-0.3, -0.25) is 9.59 Å². The van der Waals surface area contributed by atoms with Gasteiger partial charge in [-0.15, -0.1) is 0 Å². The molecule has 0 aliphatic heterocycles. The van der Waals surface area contributed by atoms with E-state index in [2.05, 4.69) is 10.4 Å². The fourth-order valence-electron chi connectivity index (χ4n) is 2.57. The molecule has 0 aliphatic carbocycles. The molecule has 7 nitrogen and oxygen atoms in total. The summed E-state index contributed by atoms with van der Waals surface area (Å²) in [5, 5.41) is 7.06. The van der Waals surface area contributed by atoms with Gasteiger partial charge in [-0.05, 0) is 30.3 Å². The van der Waals surface area contributed by atoms with Crippen molar-refractivity contribution in [1.29, 1.82) is 0 Å². The molecule has 3 rings (SSSR count). The summed E-state index contributed by atoms with van der Waals surface area (Å²) in [7, 11) is 3.02. The number of amides is 1. The molecule has 1 aromatic heterocycles. The standard InChI is InChI=1S/C20H19N3O4/c1-13(24)21-14-9-10-17(27-15-7-5-4-6-8-15)16(11-14)20-18(26-3)12-19(25)23(2)22-20/h4-12H,1-3H3,(H,21,24). The molecule has 0 spiro atoms. The Morgan fingerprint density at radius 1 is 1.07 bits per heavy atom. The quantitative estimate of drug-likeness (QED) is 0.751. The van der Waals surface area contributed by atoms with Gasteiger partial charge in [0, 0.05) is 25.7 Å². The molecule has 0 bridgehead atoms. The van der Waals surface area contributed by atoms with Crippen LogP contribution in [0.25, 0.3) is 11.3 Å². The fraction of sp³-hybridized carbons (Fsp3) is 0.150. The third-order valence-corrected chi connectivity index (χ3v) is 3.80. The van der Waals surface area contributed by atoms with E-state index in [-0.39, 0.29) is 11.5 Å². The number of aromatic nitrogens is 2. The minimum Gasteiger partial charge on any atom is -0.494 e. The first-order chi connectivity index (χ1) is 13.0. The Morgan fingerprint density at radius 3 is 2.48 bits per heavy atom. The van der Waals surface area contributed by atoms with Gasteiger partial charge in [0.25, 0.3) is 5.56 Å². The highest BCUT2D eigenvalue weighted by Crippen LogP contribution is 2.38. The van der Waals surface area contributed by atoms with Crippen LogP contribution < -0.4 is 20.3 Å². The number of para-hydroxylation sites is 1. The molecule has 138 valence electrons. The lowest BCUT2D eigenvalue weighted by atomic mass is 10.1. The second kappa shape index (κ2) is 7.74. The number of hydrogen-bond acceptors (Lipinski definition) is 5. The van der Waals surface area contributed by atoms with Crippen LogP contribution in [0.5, 0.6) is 17.2 Å². The highest BCUT2D eigenvalue weighted by molar-refractivity contribution is 5.90. The first-order valence-electron chi connectivity index (χ1n) is 8.25. The Bertz CT molecular complexity index is 1030. The summed E-state index contributed by atoms with van der Waals surface area (Å²) in [6.45, 7) is 1.43. The number of aryl methyl sites for hydroxylation is 1. The molecule has 0 aliphatic rings. The molecule has 1 heterocycles. The largest absolute Gasteiger partial charge is 0.494 e. The van der Waals surface area contributed by atoms with Gasteiger partial charge in [-0.2, -0.15) is 5.10 Å². The zero-order chi connectivity index (χ0) is 19.4. The third-order valence-electron chi connectivity index (χ3n) is 3.80. The van der Waals surface area contributed by atoms with E-state index in [4.69, 9.17) is 9.47 Å². The van der Waals surface area contributed by atoms with E-state index in [0.717, 1.165) is 0 Å². The molecular weight excluding hydrogens is 346 g/mol. The minimum atomic E-state index is -0.292. The molecule has 2 aromatic carbocycles. The predicted molar refractivity (Wildman–Crippen MR) is 102 cm³/mol. The van der Waals surface area contributed by atoms with Crippen LogP contribution in [0.4, 0.5) is 5.69 Å². The Morgan fingerprint density at radius 2 is 1.81 bits per heavy atom. The maximum Gasteiger partial charge on any atom is 0.270 e. The van der Waals surface area contributed by atoms with Crippen molar-refractivity contribution in [3.8, 4) is 28.5 Å². The molecule has 7 heteroatoms. The molecule has 0 saturated heterocycles. The Balaban J connectivity index is 2.17. The van der Waals surface area contributed by atoms with Crippen LogP contribution in [-0.2, 0) is 11.8 Å². The zero-order valence-corrected chi connectivity index (χ0v) is 15.2. The van der Waals surface area contributed by atoms with Crippen molar-refractivity contribution in [1.82, 2.24) is 9.78 Å². The number of nitrogens with zero attached hydrogens (tertiary/aromatic N) is 2. The monoisotopic (exact) mass is 365 g/mol. The Hall–Kier alpha value is -3.61. The van der Waals surface area contributed by atoms with E-state index in [9.17, 15) is 9.59 Å². The van der Waals surface area contributed by atoms with Gasteiger partial charge in [-0.25, -0.2) is 4.68 Å². The van der Waals surface area contributed by atoms with Crippen molar-refractivity contribution in [2.45, 2.75) is 6.92 Å². The Labute approximate surface area is 156 Å². The van der Waals surface area contributed by atoms with Gasteiger partial charge in [0.1, 0.15) is 17.2 Å². The SMILES string of the molecule is COc1cc(=O)n(C)nc1-c1cc(NC(C)=O)ccc1Oc1ccccc1. The number of rotatable bonds is 5. The van der Waals surface area contributed by atoms with Crippen LogP contribution in [-0.4, -0.2) is 22.8 Å². The van der Waals surface area contributed by atoms with Crippen LogP contribution >= 0.6 is 0 Å². The number of ether oxygens (including phenoxy) is 2. The van der Waals surface area contributed by atoms with Crippen molar-refractivity contribution in [2.75, 3.05) is 12.4 Å². The second-order valence-corrected chi connectivity index (χ2v) is 5.83. The normalized spacial score (nSPS) is 10.3. The van der Waals surface area contributed by atoms with E-state index >= 15 is 0 Å². The fourth-order valence-corrected chi connectivity index (χ4v) is 2.57. The highest BCUT2D eigenvalue weighted by atomic mass is 16.5. The first kappa shape index (κ1) is 18.2. The summed E-state index contributed by atoms with van der Waals surface area (Å²) < 4.78 is 12.6. The molecule has 0 atom stereocenters. The smallest absolute Gasteiger partial charge is 0.270 e. The van der Waals surface area contributed by atoms with E-state index < -0.39 is 0 Å². The number of carbonyl (C=O) groups excluding carboxylic acids is 1. The number of benzene rings is 2. The average Bonchev–Trinajstić information content (AvgIpc) is 2.65. The molecule has 3 aromatic rings. The lowest BCUT2D eigenvalue weighted by Crippen LogP contribution is -2.19. The summed E-state index contributed by atoms with van der Waals surface area (Å²) in [5.41, 5.74) is 1.30. The van der Waals surface area contributed by atoms with Crippen LogP contribution in [0.3, 0.4) is 0 Å². The van der Waals surface area contributed by atoms with E-state index in [0.29, 0.717) is 34.2 Å². The number of carbonyl (C=O) groups is 1. The van der Waals surface area contributed by atoms with Crippen LogP contribution in [0, 0.1) is 0 Å². The molecule has 1 amide bonds. The van der Waals surface area contributed by atoms with Crippen molar-refractivity contribution in [3.05, 3.63) is 65.0 Å². The van der Waals surface area contributed by atoms with E-state index in [1.807, 2.05) is 30.3 Å². The molecule has 0 unspecified atom stereocenters. The van der Waals surface area contributed by atoms with Crippen LogP contribution in [0.2, 0.25) is 0 Å². The first-order valence-corrected chi connectivity index (χ1v) is 8.25. The zero-order valence-electron chi connectivity index (χ0n) is 15.2. The van der Waals surface area contributed by atoms with Crippen LogP contribution in [0.1, 0.15) is 6.92 Å². The van der Waals surface area contributed by atoms with Gasteiger partial charge < -0.3 is 14.8 Å². The predicted octanol–water partition coefficient (Wildman–Crippen LogP) is 3.21. The average molecular weight is 365 g/mol. The summed E-state index contributed by atoms with van der Waals surface area (Å²) in [4.78, 5) is 23.3. The van der Waals surface area contributed by atoms with Gasteiger partial charge in [0.15, 0.2) is 5.75 Å². The molecule has 0 fully saturated rings.